The van der Waals surface area contributed by atoms with Crippen LogP contribution in [-0.2, 0) is 14.4 Å². The molecule has 0 radical (unpaired) electrons. The van der Waals surface area contributed by atoms with Crippen molar-refractivity contribution in [2.24, 2.45) is 11.5 Å². The Hall–Kier alpha value is -1.34. The van der Waals surface area contributed by atoms with Crippen molar-refractivity contribution >= 4 is 30.2 Å². The van der Waals surface area contributed by atoms with Crippen molar-refractivity contribution < 1.29 is 19.5 Å². The summed E-state index contributed by atoms with van der Waals surface area (Å²) in [7, 11) is 0. The fourth-order valence-corrected chi connectivity index (χ4v) is 0.811. The summed E-state index contributed by atoms with van der Waals surface area (Å²) in [6.45, 7) is 1.32. The van der Waals surface area contributed by atoms with Crippen LogP contribution in [0, 0.1) is 0 Å². The highest BCUT2D eigenvalue weighted by molar-refractivity contribution is 5.87. The molecule has 0 bridgehead atoms. The van der Waals surface area contributed by atoms with Crippen molar-refractivity contribution in [3.05, 3.63) is 0 Å². The lowest BCUT2D eigenvalue weighted by molar-refractivity contribution is -0.141. The number of amides is 2. The van der Waals surface area contributed by atoms with E-state index in [9.17, 15) is 14.4 Å². The SMILES string of the molecule is C[C@H](NC(=O)[C@H](N)CCC(N)=O)C(=O)O.Cl. The zero-order chi connectivity index (χ0) is 12.0. The van der Waals surface area contributed by atoms with E-state index in [2.05, 4.69) is 5.32 Å². The van der Waals surface area contributed by atoms with Crippen LogP contribution in [-0.4, -0.2) is 35.0 Å². The van der Waals surface area contributed by atoms with Crippen LogP contribution in [0.15, 0.2) is 0 Å². The van der Waals surface area contributed by atoms with E-state index in [0.29, 0.717) is 0 Å². The number of primary amides is 1. The Morgan fingerprint density at radius 3 is 2.25 bits per heavy atom. The molecule has 0 aromatic rings. The molecule has 94 valence electrons. The smallest absolute Gasteiger partial charge is 0.325 e. The lowest BCUT2D eigenvalue weighted by Crippen LogP contribution is -2.47. The largest absolute Gasteiger partial charge is 0.480 e. The monoisotopic (exact) mass is 253 g/mol. The van der Waals surface area contributed by atoms with Crippen molar-refractivity contribution in [2.45, 2.75) is 31.8 Å². The fourth-order valence-electron chi connectivity index (χ4n) is 0.811. The quantitative estimate of drug-likeness (QED) is 0.461. The zero-order valence-corrected chi connectivity index (χ0v) is 9.62. The number of nitrogens with one attached hydrogen (secondary N) is 1. The molecule has 8 heteroatoms. The summed E-state index contributed by atoms with van der Waals surface area (Å²) in [5.41, 5.74) is 10.3. The van der Waals surface area contributed by atoms with Crippen LogP contribution in [0.5, 0.6) is 0 Å². The number of aliphatic carboxylic acids is 1. The molecular formula is C8H16ClN3O4. The van der Waals surface area contributed by atoms with Gasteiger partial charge >= 0.3 is 5.97 Å². The van der Waals surface area contributed by atoms with E-state index in [1.54, 1.807) is 0 Å². The molecule has 0 aliphatic heterocycles. The molecule has 6 N–H and O–H groups in total. The van der Waals surface area contributed by atoms with Crippen molar-refractivity contribution in [3.63, 3.8) is 0 Å². The van der Waals surface area contributed by atoms with E-state index >= 15 is 0 Å². The standard InChI is InChI=1S/C8H15N3O4.ClH/c1-4(8(14)15)11-7(13)5(9)2-3-6(10)12;/h4-5H,2-3,9H2,1H3,(H2,10,12)(H,11,13)(H,14,15);1H/t4-,5+;/m0./s1. The van der Waals surface area contributed by atoms with Gasteiger partial charge < -0.3 is 21.9 Å². The second kappa shape index (κ2) is 7.89. The molecule has 2 amide bonds. The molecule has 0 unspecified atom stereocenters. The van der Waals surface area contributed by atoms with Crippen LogP contribution < -0.4 is 16.8 Å². The van der Waals surface area contributed by atoms with Gasteiger partial charge in [-0.2, -0.15) is 0 Å². The van der Waals surface area contributed by atoms with Gasteiger partial charge in [-0.15, -0.1) is 12.4 Å². The zero-order valence-electron chi connectivity index (χ0n) is 8.80. The van der Waals surface area contributed by atoms with Gasteiger partial charge in [-0.1, -0.05) is 0 Å². The molecule has 0 rings (SSSR count). The van der Waals surface area contributed by atoms with Gasteiger partial charge in [0.05, 0.1) is 6.04 Å². The summed E-state index contributed by atoms with van der Waals surface area (Å²) in [6, 6.07) is -1.92. The molecule has 0 aromatic heterocycles. The summed E-state index contributed by atoms with van der Waals surface area (Å²) in [6.07, 6.45) is 0.101. The van der Waals surface area contributed by atoms with Crippen molar-refractivity contribution in [1.82, 2.24) is 5.32 Å². The lowest BCUT2D eigenvalue weighted by atomic mass is 10.1. The maximum atomic E-state index is 11.2. The van der Waals surface area contributed by atoms with E-state index < -0.39 is 29.9 Å². The second-order valence-corrected chi connectivity index (χ2v) is 3.18. The van der Waals surface area contributed by atoms with E-state index in [1.165, 1.54) is 6.92 Å². The Balaban J connectivity index is 0. The molecule has 0 spiro atoms. The number of nitrogens with two attached hydrogens (primary N) is 2. The van der Waals surface area contributed by atoms with E-state index in [-0.39, 0.29) is 25.2 Å². The van der Waals surface area contributed by atoms with Gasteiger partial charge in [0.15, 0.2) is 0 Å². The normalized spacial score (nSPS) is 13.1. The summed E-state index contributed by atoms with van der Waals surface area (Å²) in [4.78, 5) is 32.0. The Morgan fingerprint density at radius 1 is 1.38 bits per heavy atom. The Kier molecular flexibility index (Phi) is 8.41. The van der Waals surface area contributed by atoms with Crippen LogP contribution in [0.1, 0.15) is 19.8 Å². The van der Waals surface area contributed by atoms with E-state index in [0.717, 1.165) is 0 Å². The number of hydrogen-bond acceptors (Lipinski definition) is 4. The molecule has 0 saturated carbocycles. The van der Waals surface area contributed by atoms with Gasteiger partial charge in [0.25, 0.3) is 0 Å². The number of carbonyl (C=O) groups excluding carboxylic acids is 2. The maximum Gasteiger partial charge on any atom is 0.325 e. The van der Waals surface area contributed by atoms with Crippen molar-refractivity contribution in [3.8, 4) is 0 Å². The summed E-state index contributed by atoms with van der Waals surface area (Å²) in [5.74, 6) is -2.30. The van der Waals surface area contributed by atoms with Gasteiger partial charge in [0.2, 0.25) is 11.8 Å². The number of halogens is 1. The highest BCUT2D eigenvalue weighted by Gasteiger charge is 2.19. The Morgan fingerprint density at radius 2 is 1.88 bits per heavy atom. The van der Waals surface area contributed by atoms with Crippen LogP contribution in [0.4, 0.5) is 0 Å². The first-order valence-electron chi connectivity index (χ1n) is 4.41. The van der Waals surface area contributed by atoms with Gasteiger partial charge in [-0.3, -0.25) is 14.4 Å². The molecule has 16 heavy (non-hydrogen) atoms. The van der Waals surface area contributed by atoms with E-state index in [4.69, 9.17) is 16.6 Å². The molecule has 2 atom stereocenters. The van der Waals surface area contributed by atoms with Crippen LogP contribution in [0.25, 0.3) is 0 Å². The second-order valence-electron chi connectivity index (χ2n) is 3.18. The molecule has 0 heterocycles. The third kappa shape index (κ3) is 7.02. The number of carboxylic acid groups (broad SMARTS) is 1. The predicted molar refractivity (Wildman–Crippen MR) is 58.9 cm³/mol. The average Bonchev–Trinajstić information content (AvgIpc) is 2.13. The minimum absolute atomic E-state index is 0. The first kappa shape index (κ1) is 17.1. The number of carbonyl (C=O) groups is 3. The fraction of sp³-hybridized carbons (Fsp3) is 0.625. The summed E-state index contributed by atoms with van der Waals surface area (Å²) < 4.78 is 0. The van der Waals surface area contributed by atoms with Crippen LogP contribution >= 0.6 is 12.4 Å². The average molecular weight is 254 g/mol. The number of rotatable bonds is 6. The van der Waals surface area contributed by atoms with E-state index in [1.807, 2.05) is 0 Å². The Bertz CT molecular complexity index is 272. The summed E-state index contributed by atoms with van der Waals surface area (Å²) >= 11 is 0. The molecule has 0 fully saturated rings. The van der Waals surface area contributed by atoms with Crippen LogP contribution in [0.2, 0.25) is 0 Å². The molecular weight excluding hydrogens is 238 g/mol. The highest BCUT2D eigenvalue weighted by Crippen LogP contribution is 1.94. The predicted octanol–water partition coefficient (Wildman–Crippen LogP) is -1.41. The third-order valence-corrected chi connectivity index (χ3v) is 1.77. The maximum absolute atomic E-state index is 11.2. The third-order valence-electron chi connectivity index (χ3n) is 1.77. The molecule has 7 nitrogen and oxygen atoms in total. The van der Waals surface area contributed by atoms with Gasteiger partial charge in [-0.05, 0) is 13.3 Å². The number of hydrogen-bond donors (Lipinski definition) is 4. The minimum atomic E-state index is -1.15. The van der Waals surface area contributed by atoms with Gasteiger partial charge in [0.1, 0.15) is 6.04 Å². The highest BCUT2D eigenvalue weighted by atomic mass is 35.5. The van der Waals surface area contributed by atoms with Gasteiger partial charge in [-0.25, -0.2) is 0 Å². The number of carboxylic acids is 1. The molecule has 0 saturated heterocycles. The van der Waals surface area contributed by atoms with Gasteiger partial charge in [0, 0.05) is 6.42 Å². The molecule has 0 aliphatic carbocycles. The van der Waals surface area contributed by atoms with Crippen molar-refractivity contribution in [2.75, 3.05) is 0 Å². The first-order valence-corrected chi connectivity index (χ1v) is 4.41. The lowest BCUT2D eigenvalue weighted by Gasteiger charge is -2.13. The minimum Gasteiger partial charge on any atom is -0.480 e. The topological polar surface area (TPSA) is 136 Å². The van der Waals surface area contributed by atoms with Crippen molar-refractivity contribution in [1.29, 1.82) is 0 Å². The first-order chi connectivity index (χ1) is 6.84. The Labute approximate surface area is 99.0 Å². The molecule has 0 aromatic carbocycles. The van der Waals surface area contributed by atoms with Crippen LogP contribution in [0.3, 0.4) is 0 Å². The molecule has 0 aliphatic rings. The summed E-state index contributed by atoms with van der Waals surface area (Å²) in [5, 5.41) is 10.7.